The van der Waals surface area contributed by atoms with E-state index >= 15 is 0 Å². The number of hydrogen-bond acceptors (Lipinski definition) is 19. The van der Waals surface area contributed by atoms with Crippen LogP contribution in [0.1, 0.15) is 58.9 Å². The fraction of sp³-hybridized carbons (Fsp3) is 0.0726. The first-order valence-electron chi connectivity index (χ1n) is 48.0. The van der Waals surface area contributed by atoms with Gasteiger partial charge < -0.3 is 90.1 Å². The van der Waals surface area contributed by atoms with Gasteiger partial charge in [0.2, 0.25) is 0 Å². The van der Waals surface area contributed by atoms with E-state index in [2.05, 4.69) is 80.6 Å². The van der Waals surface area contributed by atoms with Crippen LogP contribution in [0, 0.1) is 0 Å². The number of carbonyl (C=O) groups is 3. The number of carboxylic acid groups (broad SMARTS) is 2. The Morgan fingerprint density at radius 2 is 0.591 bits per heavy atom. The summed E-state index contributed by atoms with van der Waals surface area (Å²) >= 11 is 0. The van der Waals surface area contributed by atoms with E-state index in [0.717, 1.165) is 188 Å². The number of anilines is 2. The highest BCUT2D eigenvalue weighted by atomic mass is 16.7. The molecule has 732 valence electrons. The number of phenolic OH excluding ortho intramolecular Hbond substituents is 1. The topological polar surface area (TPSA) is 384 Å². The molecule has 0 aliphatic rings. The van der Waals surface area contributed by atoms with Gasteiger partial charge in [-0.15, -0.1) is 0 Å². The number of ether oxygens (including phenoxy) is 7. The van der Waals surface area contributed by atoms with Gasteiger partial charge in [-0.2, -0.15) is 0 Å². The lowest BCUT2D eigenvalue weighted by molar-refractivity contribution is 0.0498. The highest BCUT2D eigenvalue weighted by Gasteiger charge is 2.29. The lowest BCUT2D eigenvalue weighted by atomic mass is 9.90. The molecule has 0 saturated carbocycles. The predicted molar refractivity (Wildman–Crippen MR) is 586 cm³/mol. The molecule has 0 amide bonds. The molecule has 24 aromatic rings. The summed E-state index contributed by atoms with van der Waals surface area (Å²) in [6.07, 6.45) is 0.695. The summed E-state index contributed by atoms with van der Waals surface area (Å²) < 4.78 is 42.7. The number of H-pyrrole nitrogens is 4. The number of nitrogens with zero attached hydrogens (tertiary/aromatic N) is 4. The average Bonchev–Trinajstić information content (AvgIpc) is 1.12. The number of phenols is 1. The zero-order chi connectivity index (χ0) is 102. The van der Waals surface area contributed by atoms with Gasteiger partial charge in [-0.1, -0.05) is 224 Å². The number of methoxy groups -OCH3 is 2. The number of carboxylic acids is 2. The van der Waals surface area contributed by atoms with Gasteiger partial charge in [0.15, 0.2) is 19.9 Å². The minimum Gasteiger partial charge on any atom is -0.507 e. The van der Waals surface area contributed by atoms with Crippen molar-refractivity contribution < 1.29 is 73.1 Å². The summed E-state index contributed by atoms with van der Waals surface area (Å²) in [7, 11) is 3.10. The van der Waals surface area contributed by atoms with Crippen molar-refractivity contribution >= 4 is 138 Å². The van der Waals surface area contributed by atoms with Crippen molar-refractivity contribution in [2.45, 2.75) is 33.0 Å². The molecule has 0 atom stereocenters. The van der Waals surface area contributed by atoms with Crippen LogP contribution in [0.4, 0.5) is 11.4 Å². The number of aliphatic hydroxyl groups excluding tert-OH is 2. The molecule has 25 heteroatoms. The Balaban J connectivity index is 0.000000127. The highest BCUT2D eigenvalue weighted by Crippen LogP contribution is 2.52. The number of nitrogens with two attached hydrogens (primary N) is 2. The zero-order valence-electron chi connectivity index (χ0n) is 80.6. The molecular weight excluding hydrogens is 1870 g/mol. The number of aromatic hydroxyl groups is 1. The Morgan fingerprint density at radius 3 is 0.899 bits per heavy atom. The van der Waals surface area contributed by atoms with Crippen molar-refractivity contribution in [2.24, 2.45) is 0 Å². The molecule has 4 heterocycles. The molecule has 149 heavy (non-hydrogen) atoms. The van der Waals surface area contributed by atoms with Gasteiger partial charge in [0.05, 0.1) is 85.4 Å². The van der Waals surface area contributed by atoms with Gasteiger partial charge in [-0.05, 0) is 233 Å². The molecule has 0 saturated heterocycles. The lowest BCUT2D eigenvalue weighted by Gasteiger charge is -2.21. The second-order valence-corrected chi connectivity index (χ2v) is 35.6. The first kappa shape index (κ1) is 95.9. The fourth-order valence-electron chi connectivity index (χ4n) is 19.1. The molecule has 13 N–H and O–H groups in total. The average molecular weight is 1970 g/mol. The fourth-order valence-corrected chi connectivity index (χ4v) is 19.1. The molecule has 0 aliphatic carbocycles. The van der Waals surface area contributed by atoms with Crippen molar-refractivity contribution in [2.75, 3.05) is 39.3 Å². The number of fused-ring (bicyclic) bond motifs is 10. The molecule has 0 bridgehead atoms. The maximum atomic E-state index is 12.1. The third-order valence-corrected chi connectivity index (χ3v) is 26.0. The minimum absolute atomic E-state index is 0.0262. The van der Waals surface area contributed by atoms with Crippen LogP contribution >= 0.6 is 0 Å². The second-order valence-electron chi connectivity index (χ2n) is 35.6. The van der Waals surface area contributed by atoms with Crippen LogP contribution in [0.15, 0.2) is 376 Å². The van der Waals surface area contributed by atoms with Gasteiger partial charge >= 0.3 is 11.9 Å². The van der Waals surface area contributed by atoms with Crippen molar-refractivity contribution in [3.63, 3.8) is 0 Å². The van der Waals surface area contributed by atoms with E-state index in [1.54, 1.807) is 25.3 Å². The molecule has 24 rings (SSSR count). The van der Waals surface area contributed by atoms with Crippen molar-refractivity contribution in [3.8, 4) is 113 Å². The third kappa shape index (κ3) is 20.0. The summed E-state index contributed by atoms with van der Waals surface area (Å²) in [5, 5.41) is 62.5. The molecule has 25 nitrogen and oxygen atoms in total. The largest absolute Gasteiger partial charge is 0.507 e. The number of aliphatic hydroxyl groups is 2. The van der Waals surface area contributed by atoms with Crippen molar-refractivity contribution in [1.29, 1.82) is 0 Å². The molecule has 0 spiro atoms. The van der Waals surface area contributed by atoms with E-state index in [0.29, 0.717) is 79.8 Å². The first-order chi connectivity index (χ1) is 73.0. The van der Waals surface area contributed by atoms with Crippen LogP contribution in [-0.4, -0.2) is 111 Å². The van der Waals surface area contributed by atoms with Gasteiger partial charge in [-0.25, -0.2) is 29.5 Å². The van der Waals surface area contributed by atoms with Gasteiger partial charge in [0.1, 0.15) is 77.6 Å². The molecule has 0 aliphatic heterocycles. The summed E-state index contributed by atoms with van der Waals surface area (Å²) in [6.45, 7) is -0.0810. The van der Waals surface area contributed by atoms with Crippen LogP contribution in [0.25, 0.3) is 188 Å². The predicted octanol–water partition coefficient (Wildman–Crippen LogP) is 26.6. The summed E-state index contributed by atoms with van der Waals surface area (Å²) in [5.41, 5.74) is 30.9. The highest BCUT2D eigenvalue weighted by molar-refractivity contribution is 6.15. The number of rotatable bonds is 27. The molecule has 0 unspecified atom stereocenters. The van der Waals surface area contributed by atoms with Crippen LogP contribution in [0.5, 0.6) is 34.5 Å². The monoisotopic (exact) mass is 1960 g/mol. The molecule has 0 radical (unpaired) electrons. The number of carbonyl (C=O) groups excluding carboxylic acids is 1. The Hall–Kier alpha value is -19.3. The Bertz CT molecular complexity index is 8880. The van der Waals surface area contributed by atoms with Gasteiger partial charge in [-0.3, -0.25) is 4.79 Å². The van der Waals surface area contributed by atoms with E-state index in [9.17, 15) is 39.9 Å². The second kappa shape index (κ2) is 42.7. The van der Waals surface area contributed by atoms with Gasteiger partial charge in [0, 0.05) is 81.0 Å². The SMILES string of the molecule is COCOc1c(CO)cc2ccccc2c1-c1c(OCc2cc(-c3nc4ccccc4[nH]3)cc(-c3nc4ccccc4[nH]3)c2)ccc2ccccc12.COCOc1c(CO)cc2ccccc2c1-c1c(OCc2cc(C(=O)O)cc(C(=O)O)c2)ccc2ccccc12.Nc1ccccc1N.O=Cc1cc2ccccc2c(-c2c(OCc3cc(-c4nc5ccccc5[nH]4)cc(-c4nc5ccccc5[nH]4)c3)ccc3ccccc23)c1O. The van der Waals surface area contributed by atoms with Crippen LogP contribution in [-0.2, 0) is 42.5 Å². The number of aromatic amines is 4. The van der Waals surface area contributed by atoms with E-state index in [4.69, 9.17) is 64.6 Å². The standard InChI is InChI=1S/C44H34N4O4.C42H28N4O3.C32H26O8.C6H8N2/c1-50-26-52-42-32(24-49)22-29-11-3-5-13-34(29)41(42)40-33-12-4-2-10-28(33)18-19-39(40)51-25-27-20-30(43-45-35-14-6-7-15-36(35)46-43)23-31(21-27)44-47-37-16-8-9-17-38(37)48-44;47-23-30-21-27-10-2-4-12-32(27)39(40(30)48)38-31-11-3-1-9-26(31)17-18-37(38)49-24-25-19-28(41-43-33-13-5-6-14-34(33)44-41)22-29(20-25)42-45-35-15-7-8-16-36(35)46-42;1-38-18-40-30-24(16-33)14-21-7-3-5-9-26(21)29(30)28-25-8-4-2-6-20(25)10-11-27(28)39-17-19-12-22(31(34)35)15-23(13-19)32(36)37;7-5-3-1-2-4-6(5)8/h2-23,49H,24-26H2,1H3,(H,45,46)(H,47,48);1-23,48H,24H2,(H,43,44)(H,45,46);2-15,33H,16-18H2,1H3,(H,34,35)(H,36,37);1-4H,7-8H2. The van der Waals surface area contributed by atoms with Crippen molar-refractivity contribution in [3.05, 3.63) is 421 Å². The van der Waals surface area contributed by atoms with Gasteiger partial charge in [0.25, 0.3) is 0 Å². The van der Waals surface area contributed by atoms with E-state index in [-0.39, 0.29) is 69.1 Å². The number of benzene rings is 20. The first-order valence-corrected chi connectivity index (χ1v) is 48.0. The van der Waals surface area contributed by atoms with E-state index in [1.807, 2.05) is 279 Å². The summed E-state index contributed by atoms with van der Waals surface area (Å²) in [6, 6.07) is 121. The minimum atomic E-state index is -1.23. The zero-order valence-corrected chi connectivity index (χ0v) is 80.6. The number of hydrogen-bond donors (Lipinski definition) is 11. The molecule has 0 fully saturated rings. The number of aldehydes is 1. The number of nitrogen functional groups attached to an aromatic ring is 2. The normalized spacial score (nSPS) is 11.3. The van der Waals surface area contributed by atoms with E-state index in [1.165, 1.54) is 19.2 Å². The number of imidazole rings is 4. The number of aromatic nitrogens is 8. The number of para-hydroxylation sites is 10. The molecule has 4 aromatic heterocycles. The van der Waals surface area contributed by atoms with Crippen molar-refractivity contribution in [1.82, 2.24) is 39.9 Å². The van der Waals surface area contributed by atoms with Crippen LogP contribution < -0.4 is 35.2 Å². The Morgan fingerprint density at radius 1 is 0.309 bits per heavy atom. The summed E-state index contributed by atoms with van der Waals surface area (Å²) in [4.78, 5) is 68.9. The Labute approximate surface area is 852 Å². The number of nitrogens with one attached hydrogen (secondary N) is 4. The maximum Gasteiger partial charge on any atom is 0.335 e. The number of aromatic carboxylic acids is 2. The van der Waals surface area contributed by atoms with E-state index < -0.39 is 11.9 Å². The lowest BCUT2D eigenvalue weighted by Crippen LogP contribution is -2.07. The smallest absolute Gasteiger partial charge is 0.335 e. The molecule has 20 aromatic carbocycles. The Kier molecular flexibility index (Phi) is 27.5. The quantitative estimate of drug-likeness (QED) is 0.0129. The maximum absolute atomic E-state index is 12.1. The van der Waals surface area contributed by atoms with Crippen LogP contribution in [0.3, 0.4) is 0 Å². The molecular formula is C124H96N10O15. The van der Waals surface area contributed by atoms with Crippen LogP contribution in [0.2, 0.25) is 0 Å². The third-order valence-electron chi connectivity index (χ3n) is 26.0. The summed E-state index contributed by atoms with van der Waals surface area (Å²) in [5.74, 6) is 3.22.